The maximum absolute atomic E-state index is 5.79. The Morgan fingerprint density at radius 1 is 1.06 bits per heavy atom. The highest BCUT2D eigenvalue weighted by atomic mass is 35.5. The van der Waals surface area contributed by atoms with Gasteiger partial charge in [-0.05, 0) is 35.4 Å². The molecular formula is C13H10Cl2N2O. The summed E-state index contributed by atoms with van der Waals surface area (Å²) in [5, 5.41) is 0.460. The van der Waals surface area contributed by atoms with E-state index in [0.717, 1.165) is 11.3 Å². The quantitative estimate of drug-likeness (QED) is 0.631. The first-order valence-corrected chi connectivity index (χ1v) is 5.95. The Morgan fingerprint density at radius 2 is 1.78 bits per heavy atom. The second kappa shape index (κ2) is 5.85. The normalized spacial score (nSPS) is 10.8. The van der Waals surface area contributed by atoms with Crippen molar-refractivity contribution < 1.29 is 4.74 Å². The van der Waals surface area contributed by atoms with Gasteiger partial charge in [0.15, 0.2) is 0 Å². The maximum Gasteiger partial charge on any atom is 0.224 e. The van der Waals surface area contributed by atoms with Crippen LogP contribution >= 0.6 is 23.2 Å². The summed E-state index contributed by atoms with van der Waals surface area (Å²) in [5.41, 5.74) is 1.69. The fraction of sp³-hybridized carbons (Fsp3) is 0.0769. The van der Waals surface area contributed by atoms with Gasteiger partial charge in [0.05, 0.1) is 12.8 Å². The monoisotopic (exact) mass is 280 g/mol. The van der Waals surface area contributed by atoms with Gasteiger partial charge in [-0.15, -0.1) is 0 Å². The van der Waals surface area contributed by atoms with Crippen molar-refractivity contribution in [2.45, 2.75) is 0 Å². The molecule has 0 atom stereocenters. The van der Waals surface area contributed by atoms with Crippen LogP contribution in [0.4, 0.5) is 0 Å². The van der Waals surface area contributed by atoms with Crippen molar-refractivity contribution in [3.8, 4) is 5.75 Å². The second-order valence-electron chi connectivity index (χ2n) is 3.49. The topological polar surface area (TPSA) is 35.0 Å². The van der Waals surface area contributed by atoms with Gasteiger partial charge >= 0.3 is 0 Å². The molecule has 0 spiro atoms. The number of hydrogen-bond acceptors (Lipinski definition) is 3. The Kier molecular flexibility index (Phi) is 4.18. The molecule has 0 aliphatic rings. The summed E-state index contributed by atoms with van der Waals surface area (Å²) in [5.74, 6) is 0.820. The van der Waals surface area contributed by atoms with Gasteiger partial charge in [-0.1, -0.05) is 29.8 Å². The van der Waals surface area contributed by atoms with Gasteiger partial charge in [-0.3, -0.25) is 0 Å². The van der Waals surface area contributed by atoms with E-state index in [9.17, 15) is 0 Å². The lowest BCUT2D eigenvalue weighted by atomic mass is 10.2. The Morgan fingerprint density at radius 3 is 2.39 bits per heavy atom. The van der Waals surface area contributed by atoms with Crippen molar-refractivity contribution in [3.05, 3.63) is 52.0 Å². The molecule has 0 bridgehead atoms. The third kappa shape index (κ3) is 3.45. The van der Waals surface area contributed by atoms with Gasteiger partial charge in [0.1, 0.15) is 10.9 Å². The summed E-state index contributed by atoms with van der Waals surface area (Å²) < 4.78 is 5.08. The van der Waals surface area contributed by atoms with Crippen LogP contribution in [0.1, 0.15) is 11.3 Å². The van der Waals surface area contributed by atoms with E-state index in [4.69, 9.17) is 27.9 Å². The maximum atomic E-state index is 5.79. The third-order valence-electron chi connectivity index (χ3n) is 2.25. The molecule has 0 saturated heterocycles. The van der Waals surface area contributed by atoms with Gasteiger partial charge in [0, 0.05) is 6.07 Å². The Bertz CT molecular complexity index is 547. The number of ether oxygens (including phenoxy) is 1. The summed E-state index contributed by atoms with van der Waals surface area (Å²) in [6.45, 7) is 0. The van der Waals surface area contributed by atoms with Crippen LogP contribution in [0, 0.1) is 0 Å². The van der Waals surface area contributed by atoms with Gasteiger partial charge in [-0.2, -0.15) is 0 Å². The molecule has 0 radical (unpaired) electrons. The summed E-state index contributed by atoms with van der Waals surface area (Å²) >= 11 is 11.5. The first kappa shape index (κ1) is 12.9. The van der Waals surface area contributed by atoms with E-state index in [1.165, 1.54) is 0 Å². The Hall–Kier alpha value is -1.58. The fourth-order valence-corrected chi connectivity index (χ4v) is 1.81. The van der Waals surface area contributed by atoms with Crippen LogP contribution in [0.3, 0.4) is 0 Å². The molecule has 0 aliphatic carbocycles. The van der Waals surface area contributed by atoms with Gasteiger partial charge in [-0.25, -0.2) is 9.97 Å². The van der Waals surface area contributed by atoms with Gasteiger partial charge in [0.25, 0.3) is 0 Å². The molecule has 0 amide bonds. The molecule has 1 heterocycles. The van der Waals surface area contributed by atoms with E-state index in [-0.39, 0.29) is 5.28 Å². The molecule has 2 rings (SSSR count). The lowest BCUT2D eigenvalue weighted by molar-refractivity contribution is 0.415. The van der Waals surface area contributed by atoms with Crippen LogP contribution in [-0.2, 0) is 0 Å². The highest BCUT2D eigenvalue weighted by Crippen LogP contribution is 2.15. The average molecular weight is 281 g/mol. The smallest absolute Gasteiger partial charge is 0.224 e. The molecular weight excluding hydrogens is 271 g/mol. The van der Waals surface area contributed by atoms with Crippen LogP contribution < -0.4 is 4.74 Å². The second-order valence-corrected chi connectivity index (χ2v) is 4.22. The van der Waals surface area contributed by atoms with Crippen LogP contribution in [-0.4, -0.2) is 17.1 Å². The highest BCUT2D eigenvalue weighted by Gasteiger charge is 1.98. The van der Waals surface area contributed by atoms with Crippen LogP contribution in [0.5, 0.6) is 5.75 Å². The average Bonchev–Trinajstić information content (AvgIpc) is 2.36. The molecule has 3 nitrogen and oxygen atoms in total. The third-order valence-corrected chi connectivity index (χ3v) is 2.61. The minimum absolute atomic E-state index is 0.136. The standard InChI is InChI=1S/C13H10Cl2N2O/c1-18-11-6-3-9(4-7-11)2-5-10-8-12(14)17-13(15)16-10/h2-8H,1H3/b5-2+. The van der Waals surface area contributed by atoms with Crippen molar-refractivity contribution >= 4 is 35.4 Å². The van der Waals surface area contributed by atoms with Crippen LogP contribution in [0.15, 0.2) is 30.3 Å². The Labute approximate surface area is 115 Å². The van der Waals surface area contributed by atoms with E-state index in [1.54, 1.807) is 13.2 Å². The van der Waals surface area contributed by atoms with Gasteiger partial charge in [0.2, 0.25) is 5.28 Å². The predicted octanol–water partition coefficient (Wildman–Crippen LogP) is 3.96. The zero-order valence-corrected chi connectivity index (χ0v) is 11.1. The summed E-state index contributed by atoms with van der Waals surface area (Å²) in [7, 11) is 1.63. The molecule has 1 aromatic heterocycles. The molecule has 18 heavy (non-hydrogen) atoms. The number of benzene rings is 1. The molecule has 2 aromatic rings. The van der Waals surface area contributed by atoms with Crippen LogP contribution in [0.25, 0.3) is 12.2 Å². The molecule has 5 heteroatoms. The lowest BCUT2D eigenvalue weighted by Gasteiger charge is -1.99. The number of halogens is 2. The first-order valence-electron chi connectivity index (χ1n) is 5.19. The number of hydrogen-bond donors (Lipinski definition) is 0. The summed E-state index contributed by atoms with van der Waals surface area (Å²) in [6.07, 6.45) is 3.73. The fourth-order valence-electron chi connectivity index (χ4n) is 1.39. The largest absolute Gasteiger partial charge is 0.497 e. The number of nitrogens with zero attached hydrogens (tertiary/aromatic N) is 2. The molecule has 92 valence electrons. The lowest BCUT2D eigenvalue weighted by Crippen LogP contribution is -1.86. The Balaban J connectivity index is 2.18. The van der Waals surface area contributed by atoms with Crippen molar-refractivity contribution in [2.24, 2.45) is 0 Å². The first-order chi connectivity index (χ1) is 8.67. The molecule has 0 aliphatic heterocycles. The minimum Gasteiger partial charge on any atom is -0.497 e. The minimum atomic E-state index is 0.136. The van der Waals surface area contributed by atoms with Crippen LogP contribution in [0.2, 0.25) is 10.4 Å². The van der Waals surface area contributed by atoms with E-state index >= 15 is 0 Å². The van der Waals surface area contributed by atoms with E-state index in [1.807, 2.05) is 36.4 Å². The van der Waals surface area contributed by atoms with Crippen molar-refractivity contribution in [1.29, 1.82) is 0 Å². The van der Waals surface area contributed by atoms with Gasteiger partial charge < -0.3 is 4.74 Å². The zero-order valence-electron chi connectivity index (χ0n) is 9.60. The summed E-state index contributed by atoms with van der Waals surface area (Å²) in [4.78, 5) is 7.82. The van der Waals surface area contributed by atoms with E-state index < -0.39 is 0 Å². The van der Waals surface area contributed by atoms with Crippen molar-refractivity contribution in [2.75, 3.05) is 7.11 Å². The zero-order chi connectivity index (χ0) is 13.0. The van der Waals surface area contributed by atoms with E-state index in [2.05, 4.69) is 9.97 Å². The SMILES string of the molecule is COc1ccc(/C=C/c2cc(Cl)nc(Cl)n2)cc1. The predicted molar refractivity (Wildman–Crippen MR) is 74.0 cm³/mol. The number of aromatic nitrogens is 2. The number of rotatable bonds is 3. The summed E-state index contributed by atoms with van der Waals surface area (Å²) in [6, 6.07) is 9.31. The number of methoxy groups -OCH3 is 1. The molecule has 0 unspecified atom stereocenters. The molecule has 1 aromatic carbocycles. The van der Waals surface area contributed by atoms with Crippen molar-refractivity contribution in [1.82, 2.24) is 9.97 Å². The van der Waals surface area contributed by atoms with E-state index in [0.29, 0.717) is 10.8 Å². The molecule has 0 saturated carbocycles. The highest BCUT2D eigenvalue weighted by molar-refractivity contribution is 6.31. The molecule has 0 fully saturated rings. The van der Waals surface area contributed by atoms with Crippen molar-refractivity contribution in [3.63, 3.8) is 0 Å². The molecule has 0 N–H and O–H groups in total.